The summed E-state index contributed by atoms with van der Waals surface area (Å²) in [7, 11) is 1.36. The smallest absolute Gasteiger partial charge is 0.386 e. The fraction of sp³-hybridized carbons (Fsp3) is 0.130. The summed E-state index contributed by atoms with van der Waals surface area (Å²) in [6.45, 7) is 1.69. The lowest BCUT2D eigenvalue weighted by Crippen LogP contribution is -2.06. The van der Waals surface area contributed by atoms with Crippen molar-refractivity contribution in [3.05, 3.63) is 77.8 Å². The minimum atomic E-state index is -4.43. The maximum atomic E-state index is 14.0. The Balaban J connectivity index is 0.000000200. The van der Waals surface area contributed by atoms with Crippen molar-refractivity contribution in [2.24, 2.45) is 0 Å². The van der Waals surface area contributed by atoms with Crippen molar-refractivity contribution in [1.29, 1.82) is 0 Å². The first-order chi connectivity index (χ1) is 17.0. The van der Waals surface area contributed by atoms with Gasteiger partial charge in [-0.05, 0) is 37.3 Å². The van der Waals surface area contributed by atoms with Gasteiger partial charge in [0.1, 0.15) is 40.0 Å². The summed E-state index contributed by atoms with van der Waals surface area (Å²) in [6, 6.07) is 5.76. The number of nitrogens with zero attached hydrogens (tertiary/aromatic N) is 5. The van der Waals surface area contributed by atoms with E-state index in [0.29, 0.717) is 40.0 Å². The number of hydrogen-bond donors (Lipinski definition) is 2. The van der Waals surface area contributed by atoms with E-state index in [4.69, 9.17) is 5.73 Å². The second-order valence-corrected chi connectivity index (χ2v) is 7.54. The topological polar surface area (TPSA) is 103 Å². The summed E-state index contributed by atoms with van der Waals surface area (Å²) in [5, 5.41) is 2.33. The second kappa shape index (κ2) is 9.24. The number of anilines is 2. The molecule has 0 radical (unpaired) electrons. The van der Waals surface area contributed by atoms with Crippen LogP contribution in [0.3, 0.4) is 0 Å². The summed E-state index contributed by atoms with van der Waals surface area (Å²) in [4.78, 5) is 23.4. The number of nitrogens with two attached hydrogens (primary N) is 1. The molecule has 0 aliphatic heterocycles. The van der Waals surface area contributed by atoms with E-state index in [2.05, 4.69) is 20.3 Å². The molecule has 1 aromatic carbocycles. The number of rotatable bonds is 3. The summed E-state index contributed by atoms with van der Waals surface area (Å²) in [5.74, 6) is -0.566. The van der Waals surface area contributed by atoms with Crippen LogP contribution in [-0.4, -0.2) is 37.1 Å². The van der Waals surface area contributed by atoms with Crippen LogP contribution in [0.1, 0.15) is 21.9 Å². The molecule has 0 bridgehead atoms. The lowest BCUT2D eigenvalue weighted by Gasteiger charge is -2.08. The van der Waals surface area contributed by atoms with Gasteiger partial charge in [-0.1, -0.05) is 0 Å². The van der Waals surface area contributed by atoms with E-state index in [0.717, 1.165) is 24.6 Å². The summed E-state index contributed by atoms with van der Waals surface area (Å²) >= 11 is 0. The van der Waals surface area contributed by atoms with Gasteiger partial charge in [0.2, 0.25) is 5.95 Å². The predicted molar refractivity (Wildman–Crippen MR) is 123 cm³/mol. The van der Waals surface area contributed by atoms with Crippen LogP contribution in [0.4, 0.5) is 33.5 Å². The number of pyridine rings is 1. The highest BCUT2D eigenvalue weighted by Crippen LogP contribution is 2.32. The molecule has 0 spiro atoms. The Morgan fingerprint density at radius 2 is 1.83 bits per heavy atom. The number of carbonyl (C=O) groups is 1. The molecule has 0 aliphatic carbocycles. The van der Waals surface area contributed by atoms with Crippen molar-refractivity contribution < 1.29 is 26.7 Å². The molecule has 13 heteroatoms. The number of aldehydes is 1. The summed E-state index contributed by atoms with van der Waals surface area (Å²) in [5.41, 5.74) is 7.57. The zero-order chi connectivity index (χ0) is 26.2. The molecule has 0 aliphatic rings. The molecule has 186 valence electrons. The Bertz CT molecular complexity index is 1590. The van der Waals surface area contributed by atoms with Gasteiger partial charge < -0.3 is 11.1 Å². The highest BCUT2D eigenvalue weighted by Gasteiger charge is 2.31. The quantitative estimate of drug-likeness (QED) is 0.272. The number of halogens is 5. The molecule has 4 heterocycles. The number of fused-ring (bicyclic) bond motifs is 2. The molecule has 0 saturated carbocycles. The standard InChI is InChI=1S/C15H11FN6O.C8H7F4N/c1-8-20-13(14-15(17)19-6-11(16)22(8)14)9-2-3-21-10(7-23)5-18-12(21)4-9;1-13-7-4-5(8(10,11)12)2-3-6(7)9/h2-7H,1H3,(H2,17,19);2-4,13H,1H3. The van der Waals surface area contributed by atoms with E-state index in [1.165, 1.54) is 17.6 Å². The monoisotopic (exact) mass is 503 g/mol. The normalized spacial score (nSPS) is 11.4. The number of carbonyl (C=O) groups excluding carboxylic acids is 1. The predicted octanol–water partition coefficient (Wildman–Crippen LogP) is 4.77. The lowest BCUT2D eigenvalue weighted by atomic mass is 10.2. The molecular formula is C23H18F5N7O. The molecule has 3 N–H and O–H groups in total. The Labute approximate surface area is 200 Å². The van der Waals surface area contributed by atoms with Crippen LogP contribution in [0.2, 0.25) is 0 Å². The van der Waals surface area contributed by atoms with Gasteiger partial charge in [-0.2, -0.15) is 17.6 Å². The van der Waals surface area contributed by atoms with E-state index in [9.17, 15) is 26.7 Å². The van der Waals surface area contributed by atoms with Crippen molar-refractivity contribution in [1.82, 2.24) is 23.8 Å². The van der Waals surface area contributed by atoms with Crippen molar-refractivity contribution in [2.45, 2.75) is 13.1 Å². The molecule has 0 saturated heterocycles. The van der Waals surface area contributed by atoms with E-state index < -0.39 is 23.5 Å². The van der Waals surface area contributed by atoms with Gasteiger partial charge in [-0.15, -0.1) is 0 Å². The average Bonchev–Trinajstić information content (AvgIpc) is 3.42. The van der Waals surface area contributed by atoms with E-state index >= 15 is 0 Å². The molecule has 0 fully saturated rings. The van der Waals surface area contributed by atoms with E-state index in [1.807, 2.05) is 0 Å². The fourth-order valence-electron chi connectivity index (χ4n) is 3.60. The molecule has 5 rings (SSSR count). The first-order valence-electron chi connectivity index (χ1n) is 10.3. The lowest BCUT2D eigenvalue weighted by molar-refractivity contribution is -0.137. The number of benzene rings is 1. The summed E-state index contributed by atoms with van der Waals surface area (Å²) in [6.07, 6.45) is 0.560. The molecular weight excluding hydrogens is 485 g/mol. The van der Waals surface area contributed by atoms with Crippen LogP contribution in [0.25, 0.3) is 22.4 Å². The van der Waals surface area contributed by atoms with Crippen molar-refractivity contribution in [2.75, 3.05) is 18.1 Å². The summed E-state index contributed by atoms with van der Waals surface area (Å²) < 4.78 is 66.0. The van der Waals surface area contributed by atoms with Crippen molar-refractivity contribution in [3.63, 3.8) is 0 Å². The zero-order valence-corrected chi connectivity index (χ0v) is 18.8. The van der Waals surface area contributed by atoms with Crippen LogP contribution >= 0.6 is 0 Å². The van der Waals surface area contributed by atoms with Gasteiger partial charge in [-0.25, -0.2) is 19.3 Å². The third-order valence-corrected chi connectivity index (χ3v) is 5.31. The van der Waals surface area contributed by atoms with Crippen LogP contribution in [0.15, 0.2) is 48.9 Å². The SMILES string of the molecule is CNc1cc(C(F)(F)F)ccc1F.Cc1nc(-c2ccn3c(C=O)cnc3c2)c2c(N)ncc(F)n12. The van der Waals surface area contributed by atoms with Crippen molar-refractivity contribution >= 4 is 29.0 Å². The van der Waals surface area contributed by atoms with E-state index in [-0.39, 0.29) is 11.5 Å². The maximum Gasteiger partial charge on any atom is 0.416 e. The zero-order valence-electron chi connectivity index (χ0n) is 18.8. The van der Waals surface area contributed by atoms with Crippen LogP contribution in [0, 0.1) is 18.7 Å². The molecule has 0 unspecified atom stereocenters. The third kappa shape index (κ3) is 4.42. The minimum Gasteiger partial charge on any atom is -0.386 e. The van der Waals surface area contributed by atoms with Gasteiger partial charge in [0.15, 0.2) is 6.29 Å². The first kappa shape index (κ1) is 24.6. The Morgan fingerprint density at radius 1 is 1.08 bits per heavy atom. The van der Waals surface area contributed by atoms with Crippen LogP contribution in [-0.2, 0) is 6.18 Å². The van der Waals surface area contributed by atoms with Gasteiger partial charge in [-0.3, -0.25) is 13.6 Å². The number of nitrogen functional groups attached to an aromatic ring is 1. The number of hydrogen-bond acceptors (Lipinski definition) is 6. The molecule has 4 aromatic heterocycles. The highest BCUT2D eigenvalue weighted by atomic mass is 19.4. The minimum absolute atomic E-state index is 0.158. The highest BCUT2D eigenvalue weighted by molar-refractivity contribution is 5.86. The Kier molecular flexibility index (Phi) is 6.31. The Hall–Kier alpha value is -4.55. The van der Waals surface area contributed by atoms with E-state index in [1.54, 1.807) is 29.7 Å². The second-order valence-electron chi connectivity index (χ2n) is 7.54. The van der Waals surface area contributed by atoms with Crippen LogP contribution in [0.5, 0.6) is 0 Å². The maximum absolute atomic E-state index is 14.0. The van der Waals surface area contributed by atoms with Crippen LogP contribution < -0.4 is 11.1 Å². The number of aryl methyl sites for hydroxylation is 1. The number of aromatic nitrogens is 5. The largest absolute Gasteiger partial charge is 0.416 e. The molecule has 5 aromatic rings. The number of imidazole rings is 2. The van der Waals surface area contributed by atoms with Crippen molar-refractivity contribution in [3.8, 4) is 11.3 Å². The molecule has 0 atom stereocenters. The average molecular weight is 503 g/mol. The van der Waals surface area contributed by atoms with Gasteiger partial charge in [0.05, 0.1) is 23.6 Å². The first-order valence-corrected chi connectivity index (χ1v) is 10.3. The van der Waals surface area contributed by atoms with Gasteiger partial charge >= 0.3 is 6.18 Å². The molecule has 8 nitrogen and oxygen atoms in total. The third-order valence-electron chi connectivity index (χ3n) is 5.31. The number of alkyl halides is 3. The van der Waals surface area contributed by atoms with Gasteiger partial charge in [0.25, 0.3) is 0 Å². The fourth-order valence-corrected chi connectivity index (χ4v) is 3.60. The van der Waals surface area contributed by atoms with Gasteiger partial charge in [0, 0.05) is 18.8 Å². The number of nitrogens with one attached hydrogen (secondary N) is 1. The Morgan fingerprint density at radius 3 is 2.50 bits per heavy atom. The molecule has 0 amide bonds. The molecule has 36 heavy (non-hydrogen) atoms.